The minimum Gasteiger partial charge on any atom is -0.480 e. The van der Waals surface area contributed by atoms with Crippen molar-refractivity contribution in [2.45, 2.75) is 25.1 Å². The molecule has 2 amide bonds. The highest BCUT2D eigenvalue weighted by atomic mass is 19.4. The van der Waals surface area contributed by atoms with E-state index in [1.807, 2.05) is 0 Å². The van der Waals surface area contributed by atoms with Crippen LogP contribution in [0.5, 0.6) is 0 Å². The standard InChI is InChI=1S/C10H15F3N2O4/c1-9(2-3-19-6-9)14-8(18)15(4-7(16)17)5-10(11,12)13/h2-6H2,1H3,(H,14,18)(H,16,17). The van der Waals surface area contributed by atoms with Gasteiger partial charge in [-0.05, 0) is 13.3 Å². The Morgan fingerprint density at radius 2 is 2.11 bits per heavy atom. The van der Waals surface area contributed by atoms with E-state index in [1.165, 1.54) is 0 Å². The normalized spacial score (nSPS) is 23.2. The van der Waals surface area contributed by atoms with Gasteiger partial charge in [0, 0.05) is 6.61 Å². The van der Waals surface area contributed by atoms with Gasteiger partial charge in [0.15, 0.2) is 0 Å². The van der Waals surface area contributed by atoms with Crippen LogP contribution < -0.4 is 5.32 Å². The van der Waals surface area contributed by atoms with Crippen LogP contribution in [0.2, 0.25) is 0 Å². The van der Waals surface area contributed by atoms with Gasteiger partial charge in [-0.1, -0.05) is 0 Å². The van der Waals surface area contributed by atoms with E-state index in [1.54, 1.807) is 6.92 Å². The number of carboxylic acids is 1. The molecule has 1 rings (SSSR count). The van der Waals surface area contributed by atoms with Gasteiger partial charge in [-0.15, -0.1) is 0 Å². The Balaban J connectivity index is 2.67. The maximum atomic E-state index is 12.3. The average Bonchev–Trinajstić information content (AvgIpc) is 2.60. The number of aliphatic carboxylic acids is 1. The summed E-state index contributed by atoms with van der Waals surface area (Å²) in [5.74, 6) is -1.51. The Morgan fingerprint density at radius 3 is 2.53 bits per heavy atom. The molecule has 0 aliphatic carbocycles. The number of carbonyl (C=O) groups excluding carboxylic acids is 1. The predicted molar refractivity (Wildman–Crippen MR) is 57.6 cm³/mol. The van der Waals surface area contributed by atoms with Gasteiger partial charge in [0.2, 0.25) is 0 Å². The number of alkyl halides is 3. The molecule has 6 nitrogen and oxygen atoms in total. The molecule has 1 heterocycles. The number of hydrogen-bond donors (Lipinski definition) is 2. The Labute approximate surface area is 107 Å². The van der Waals surface area contributed by atoms with E-state index >= 15 is 0 Å². The number of amides is 2. The van der Waals surface area contributed by atoms with Crippen LogP contribution in [0.15, 0.2) is 0 Å². The zero-order chi connectivity index (χ0) is 14.7. The van der Waals surface area contributed by atoms with Crippen LogP contribution in [0.1, 0.15) is 13.3 Å². The van der Waals surface area contributed by atoms with Crippen LogP contribution in [-0.2, 0) is 9.53 Å². The summed E-state index contributed by atoms with van der Waals surface area (Å²) in [6.45, 7) is -0.407. The van der Waals surface area contributed by atoms with Crippen molar-refractivity contribution in [1.29, 1.82) is 0 Å². The maximum Gasteiger partial charge on any atom is 0.406 e. The molecule has 2 N–H and O–H groups in total. The second-order valence-electron chi connectivity index (χ2n) is 4.66. The molecule has 1 aliphatic rings. The SMILES string of the molecule is CC1(NC(=O)N(CC(=O)O)CC(F)(F)F)CCOC1. The highest BCUT2D eigenvalue weighted by Gasteiger charge is 2.37. The smallest absolute Gasteiger partial charge is 0.406 e. The van der Waals surface area contributed by atoms with E-state index in [2.05, 4.69) is 5.32 Å². The first-order valence-electron chi connectivity index (χ1n) is 5.55. The van der Waals surface area contributed by atoms with E-state index < -0.39 is 36.8 Å². The van der Waals surface area contributed by atoms with Gasteiger partial charge >= 0.3 is 18.2 Å². The summed E-state index contributed by atoms with van der Waals surface area (Å²) in [5, 5.41) is 10.9. The average molecular weight is 284 g/mol. The molecule has 0 aromatic carbocycles. The quantitative estimate of drug-likeness (QED) is 0.801. The first kappa shape index (κ1) is 15.5. The third-order valence-electron chi connectivity index (χ3n) is 2.61. The first-order valence-corrected chi connectivity index (χ1v) is 5.55. The summed E-state index contributed by atoms with van der Waals surface area (Å²) in [7, 11) is 0. The van der Waals surface area contributed by atoms with Crippen LogP contribution in [-0.4, -0.2) is 60.0 Å². The molecule has 1 unspecified atom stereocenters. The lowest BCUT2D eigenvalue weighted by Crippen LogP contribution is -2.54. The minimum atomic E-state index is -4.65. The molecule has 1 fully saturated rings. The molecule has 19 heavy (non-hydrogen) atoms. The molecular weight excluding hydrogens is 269 g/mol. The van der Waals surface area contributed by atoms with Gasteiger partial charge < -0.3 is 20.1 Å². The summed E-state index contributed by atoms with van der Waals surface area (Å²) in [6.07, 6.45) is -4.19. The number of urea groups is 1. The van der Waals surface area contributed by atoms with Gasteiger partial charge in [0.05, 0.1) is 12.1 Å². The van der Waals surface area contributed by atoms with Crippen LogP contribution in [0.25, 0.3) is 0 Å². The molecular formula is C10H15F3N2O4. The first-order chi connectivity index (χ1) is 8.61. The number of carbonyl (C=O) groups is 2. The highest BCUT2D eigenvalue weighted by molar-refractivity contribution is 5.80. The zero-order valence-electron chi connectivity index (χ0n) is 10.3. The predicted octanol–water partition coefficient (Wildman–Crippen LogP) is 0.824. The van der Waals surface area contributed by atoms with Crippen molar-refractivity contribution in [1.82, 2.24) is 10.2 Å². The second kappa shape index (κ2) is 5.64. The molecule has 0 saturated carbocycles. The van der Waals surface area contributed by atoms with Crippen LogP contribution in [0, 0.1) is 0 Å². The number of halogens is 3. The van der Waals surface area contributed by atoms with E-state index in [4.69, 9.17) is 9.84 Å². The third kappa shape index (κ3) is 5.33. The lowest BCUT2D eigenvalue weighted by atomic mass is 10.0. The molecule has 0 bridgehead atoms. The molecule has 1 saturated heterocycles. The zero-order valence-corrected chi connectivity index (χ0v) is 10.3. The van der Waals surface area contributed by atoms with Gasteiger partial charge in [-0.25, -0.2) is 4.79 Å². The monoisotopic (exact) mass is 284 g/mol. The largest absolute Gasteiger partial charge is 0.480 e. The van der Waals surface area contributed by atoms with Gasteiger partial charge in [0.1, 0.15) is 13.1 Å². The molecule has 1 aliphatic heterocycles. The lowest BCUT2D eigenvalue weighted by Gasteiger charge is -2.29. The number of nitrogens with one attached hydrogen (secondary N) is 1. The summed E-state index contributed by atoms with van der Waals surface area (Å²) >= 11 is 0. The van der Waals surface area contributed by atoms with Crippen molar-refractivity contribution in [3.05, 3.63) is 0 Å². The fourth-order valence-electron chi connectivity index (χ4n) is 1.68. The van der Waals surface area contributed by atoms with Crippen LogP contribution in [0.3, 0.4) is 0 Å². The molecule has 110 valence electrons. The second-order valence-corrected chi connectivity index (χ2v) is 4.66. The summed E-state index contributed by atoms with van der Waals surface area (Å²) in [5.41, 5.74) is -0.764. The van der Waals surface area contributed by atoms with E-state index in [9.17, 15) is 22.8 Å². The van der Waals surface area contributed by atoms with Crippen molar-refractivity contribution in [2.75, 3.05) is 26.3 Å². The Bertz CT molecular complexity index is 353. The van der Waals surface area contributed by atoms with Gasteiger partial charge in [-0.3, -0.25) is 4.79 Å². The summed E-state index contributed by atoms with van der Waals surface area (Å²) in [6, 6.07) is -1.06. The molecule has 0 radical (unpaired) electrons. The van der Waals surface area contributed by atoms with Crippen molar-refractivity contribution in [3.63, 3.8) is 0 Å². The molecule has 0 spiro atoms. The lowest BCUT2D eigenvalue weighted by molar-refractivity contribution is -0.149. The molecule has 9 heteroatoms. The highest BCUT2D eigenvalue weighted by Crippen LogP contribution is 2.20. The number of carboxylic acid groups (broad SMARTS) is 1. The molecule has 1 atom stereocenters. The van der Waals surface area contributed by atoms with Gasteiger partial charge in [-0.2, -0.15) is 13.2 Å². The van der Waals surface area contributed by atoms with Crippen molar-refractivity contribution >= 4 is 12.0 Å². The fraction of sp³-hybridized carbons (Fsp3) is 0.800. The summed E-state index contributed by atoms with van der Waals surface area (Å²) < 4.78 is 41.9. The van der Waals surface area contributed by atoms with Crippen LogP contribution >= 0.6 is 0 Å². The maximum absolute atomic E-state index is 12.3. The van der Waals surface area contributed by atoms with Crippen molar-refractivity contribution < 1.29 is 32.6 Å². The third-order valence-corrected chi connectivity index (χ3v) is 2.61. The fourth-order valence-corrected chi connectivity index (χ4v) is 1.68. The van der Waals surface area contributed by atoms with Crippen molar-refractivity contribution in [2.24, 2.45) is 0 Å². The Kier molecular flexibility index (Phi) is 4.61. The number of ether oxygens (including phenoxy) is 1. The van der Waals surface area contributed by atoms with E-state index in [-0.39, 0.29) is 11.5 Å². The number of hydrogen-bond acceptors (Lipinski definition) is 3. The Morgan fingerprint density at radius 1 is 1.47 bits per heavy atom. The van der Waals surface area contributed by atoms with Crippen molar-refractivity contribution in [3.8, 4) is 0 Å². The van der Waals surface area contributed by atoms with E-state index in [0.29, 0.717) is 13.0 Å². The molecule has 0 aromatic heterocycles. The number of nitrogens with zero attached hydrogens (tertiary/aromatic N) is 1. The van der Waals surface area contributed by atoms with E-state index in [0.717, 1.165) is 0 Å². The molecule has 0 aromatic rings. The minimum absolute atomic E-state index is 0.186. The van der Waals surface area contributed by atoms with Gasteiger partial charge in [0.25, 0.3) is 0 Å². The number of rotatable bonds is 4. The summed E-state index contributed by atoms with van der Waals surface area (Å²) in [4.78, 5) is 22.4. The Hall–Kier alpha value is -1.51. The topological polar surface area (TPSA) is 78.9 Å². The van der Waals surface area contributed by atoms with Crippen LogP contribution in [0.4, 0.5) is 18.0 Å².